The fourth-order valence-corrected chi connectivity index (χ4v) is 6.07. The molecule has 1 amide bonds. The van der Waals surface area contributed by atoms with Crippen molar-refractivity contribution in [1.29, 1.82) is 0 Å². The van der Waals surface area contributed by atoms with Gasteiger partial charge in [-0.3, -0.25) is 4.79 Å². The smallest absolute Gasteiger partial charge is 0.243 e. The van der Waals surface area contributed by atoms with E-state index in [1.54, 1.807) is 24.3 Å². The van der Waals surface area contributed by atoms with Crippen LogP contribution in [0.2, 0.25) is 0 Å². The molecule has 1 aromatic carbocycles. The lowest BCUT2D eigenvalue weighted by Gasteiger charge is -2.36. The van der Waals surface area contributed by atoms with E-state index >= 15 is 0 Å². The maximum atomic E-state index is 13.3. The highest BCUT2D eigenvalue weighted by Crippen LogP contribution is 2.21. The summed E-state index contributed by atoms with van der Waals surface area (Å²) in [7, 11) is -3.63. The van der Waals surface area contributed by atoms with Crippen molar-refractivity contribution in [3.05, 3.63) is 30.3 Å². The van der Waals surface area contributed by atoms with E-state index < -0.39 is 10.0 Å². The number of benzene rings is 1. The zero-order valence-electron chi connectivity index (χ0n) is 18.3. The minimum atomic E-state index is -3.63. The van der Waals surface area contributed by atoms with Crippen molar-refractivity contribution in [2.75, 3.05) is 58.9 Å². The van der Waals surface area contributed by atoms with Crippen LogP contribution in [0.25, 0.3) is 0 Å². The summed E-state index contributed by atoms with van der Waals surface area (Å²) in [6.07, 6.45) is 1.45. The Morgan fingerprint density at radius 3 is 2.33 bits per heavy atom. The number of carbonyl (C=O) groups excluding carboxylic acids is 1. The molecule has 30 heavy (non-hydrogen) atoms. The molecule has 2 heterocycles. The average molecular weight is 437 g/mol. The Morgan fingerprint density at radius 2 is 1.70 bits per heavy atom. The summed E-state index contributed by atoms with van der Waals surface area (Å²) in [4.78, 5) is 17.1. The van der Waals surface area contributed by atoms with Crippen molar-refractivity contribution >= 4 is 15.9 Å². The number of amides is 1. The van der Waals surface area contributed by atoms with Gasteiger partial charge in [-0.05, 0) is 30.4 Å². The van der Waals surface area contributed by atoms with Crippen LogP contribution in [0, 0.1) is 11.8 Å². The predicted molar refractivity (Wildman–Crippen MR) is 119 cm³/mol. The van der Waals surface area contributed by atoms with Crippen molar-refractivity contribution in [3.63, 3.8) is 0 Å². The van der Waals surface area contributed by atoms with Gasteiger partial charge in [0.15, 0.2) is 0 Å². The normalized spacial score (nSPS) is 23.6. The van der Waals surface area contributed by atoms with E-state index in [1.165, 1.54) is 10.7 Å². The first kappa shape index (κ1) is 23.2. The van der Waals surface area contributed by atoms with Gasteiger partial charge in [-0.1, -0.05) is 32.0 Å². The van der Waals surface area contributed by atoms with E-state index in [0.29, 0.717) is 42.9 Å². The molecule has 0 unspecified atom stereocenters. The molecule has 7 nitrogen and oxygen atoms in total. The highest BCUT2D eigenvalue weighted by atomic mass is 32.2. The summed E-state index contributed by atoms with van der Waals surface area (Å²) in [6, 6.07) is 8.56. The summed E-state index contributed by atoms with van der Waals surface area (Å²) >= 11 is 0. The van der Waals surface area contributed by atoms with Crippen LogP contribution in [0.5, 0.6) is 0 Å². The molecule has 0 aromatic heterocycles. The summed E-state index contributed by atoms with van der Waals surface area (Å²) in [6.45, 7) is 10.8. The van der Waals surface area contributed by atoms with E-state index in [4.69, 9.17) is 0 Å². The number of piperazine rings is 1. The van der Waals surface area contributed by atoms with E-state index in [9.17, 15) is 13.2 Å². The topological polar surface area (TPSA) is 73.0 Å². The molecule has 0 saturated carbocycles. The first-order valence-electron chi connectivity index (χ1n) is 11.1. The molecular formula is C22H36N4O3S. The fourth-order valence-electron chi connectivity index (χ4n) is 4.61. The highest BCUT2D eigenvalue weighted by Gasteiger charge is 2.28. The van der Waals surface area contributed by atoms with Crippen LogP contribution in [0.1, 0.15) is 26.7 Å². The second kappa shape index (κ2) is 10.7. The minimum Gasteiger partial charge on any atom is -0.340 e. The molecule has 2 atom stereocenters. The zero-order chi connectivity index (χ0) is 21.6. The number of carbonyl (C=O) groups is 1. The largest absolute Gasteiger partial charge is 0.340 e. The third kappa shape index (κ3) is 6.26. The number of nitrogens with one attached hydrogen (secondary N) is 1. The molecule has 2 fully saturated rings. The maximum Gasteiger partial charge on any atom is 0.243 e. The number of likely N-dealkylation sites (tertiary alicyclic amines) is 1. The lowest BCUT2D eigenvalue weighted by Crippen LogP contribution is -2.48. The summed E-state index contributed by atoms with van der Waals surface area (Å²) < 4.78 is 28.1. The van der Waals surface area contributed by atoms with Crippen molar-refractivity contribution in [2.24, 2.45) is 11.8 Å². The second-order valence-electron chi connectivity index (χ2n) is 8.80. The number of hydrogen-bond acceptors (Lipinski definition) is 5. The lowest BCUT2D eigenvalue weighted by atomic mass is 9.92. The van der Waals surface area contributed by atoms with Gasteiger partial charge in [0, 0.05) is 65.3 Å². The van der Waals surface area contributed by atoms with Gasteiger partial charge >= 0.3 is 0 Å². The molecule has 1 aromatic rings. The quantitative estimate of drug-likeness (QED) is 0.668. The van der Waals surface area contributed by atoms with Crippen LogP contribution in [0.3, 0.4) is 0 Å². The second-order valence-corrected chi connectivity index (χ2v) is 10.7. The van der Waals surface area contributed by atoms with Crippen LogP contribution in [-0.4, -0.2) is 87.3 Å². The first-order chi connectivity index (χ1) is 14.4. The molecular weight excluding hydrogens is 400 g/mol. The van der Waals surface area contributed by atoms with Gasteiger partial charge in [-0.2, -0.15) is 4.31 Å². The van der Waals surface area contributed by atoms with E-state index in [-0.39, 0.29) is 18.9 Å². The molecule has 3 rings (SSSR count). The third-order valence-corrected chi connectivity index (χ3v) is 7.95. The lowest BCUT2D eigenvalue weighted by molar-refractivity contribution is -0.131. The van der Waals surface area contributed by atoms with Crippen molar-refractivity contribution in [3.8, 4) is 0 Å². The van der Waals surface area contributed by atoms with Crippen LogP contribution < -0.4 is 5.32 Å². The zero-order valence-corrected chi connectivity index (χ0v) is 19.1. The van der Waals surface area contributed by atoms with Gasteiger partial charge in [-0.25, -0.2) is 8.42 Å². The third-order valence-electron chi connectivity index (χ3n) is 6.04. The molecule has 2 aliphatic rings. The predicted octanol–water partition coefficient (Wildman–Crippen LogP) is 1.48. The Bertz CT molecular complexity index is 771. The van der Waals surface area contributed by atoms with Gasteiger partial charge in [0.2, 0.25) is 15.9 Å². The molecule has 0 bridgehead atoms. The molecule has 2 aliphatic heterocycles. The minimum absolute atomic E-state index is 0.0324. The summed E-state index contributed by atoms with van der Waals surface area (Å²) in [5.74, 6) is 1.29. The van der Waals surface area contributed by atoms with Gasteiger partial charge in [-0.15, -0.1) is 0 Å². The molecule has 0 aliphatic carbocycles. The van der Waals surface area contributed by atoms with E-state index in [1.807, 2.05) is 11.0 Å². The number of rotatable bonds is 8. The van der Waals surface area contributed by atoms with Gasteiger partial charge in [0.05, 0.1) is 4.90 Å². The molecule has 0 radical (unpaired) electrons. The Morgan fingerprint density at radius 1 is 1.07 bits per heavy atom. The Balaban J connectivity index is 1.67. The number of hydrogen-bond donors (Lipinski definition) is 1. The van der Waals surface area contributed by atoms with Crippen molar-refractivity contribution in [1.82, 2.24) is 19.4 Å². The molecule has 168 valence electrons. The van der Waals surface area contributed by atoms with Gasteiger partial charge in [0.25, 0.3) is 0 Å². The Kier molecular flexibility index (Phi) is 8.27. The van der Waals surface area contributed by atoms with Gasteiger partial charge < -0.3 is 15.1 Å². The SMILES string of the molecule is C[C@@H]1C[C@@H](C)CN(CCN(CCC(=O)N2CCNCC2)S(=O)(=O)c2ccccc2)C1. The van der Waals surface area contributed by atoms with Crippen molar-refractivity contribution in [2.45, 2.75) is 31.6 Å². The van der Waals surface area contributed by atoms with Crippen LogP contribution >= 0.6 is 0 Å². The first-order valence-corrected chi connectivity index (χ1v) is 12.6. The monoisotopic (exact) mass is 436 g/mol. The van der Waals surface area contributed by atoms with Crippen molar-refractivity contribution < 1.29 is 13.2 Å². The molecule has 8 heteroatoms. The maximum absolute atomic E-state index is 13.3. The number of piperidine rings is 1. The van der Waals surface area contributed by atoms with E-state index in [0.717, 1.165) is 26.2 Å². The average Bonchev–Trinajstić information content (AvgIpc) is 2.74. The summed E-state index contributed by atoms with van der Waals surface area (Å²) in [5, 5.41) is 3.24. The molecule has 2 saturated heterocycles. The Hall–Kier alpha value is -1.48. The Labute approximate surface area is 181 Å². The molecule has 0 spiro atoms. The van der Waals surface area contributed by atoms with Crippen LogP contribution in [0.4, 0.5) is 0 Å². The number of nitrogens with zero attached hydrogens (tertiary/aromatic N) is 3. The van der Waals surface area contributed by atoms with Crippen LogP contribution in [0.15, 0.2) is 35.2 Å². The summed E-state index contributed by atoms with van der Waals surface area (Å²) in [5.41, 5.74) is 0. The highest BCUT2D eigenvalue weighted by molar-refractivity contribution is 7.89. The molecule has 1 N–H and O–H groups in total. The fraction of sp³-hybridized carbons (Fsp3) is 0.682. The van der Waals surface area contributed by atoms with E-state index in [2.05, 4.69) is 24.1 Å². The number of sulfonamides is 1. The standard InChI is InChI=1S/C22H36N4O3S/c1-19-16-20(2)18-24(17-19)14-15-26(30(28,29)21-6-4-3-5-7-21)11-8-22(27)25-12-9-23-10-13-25/h3-7,19-20,23H,8-18H2,1-2H3/t19-,20-/m1/s1. The van der Waals surface area contributed by atoms with Crippen LogP contribution in [-0.2, 0) is 14.8 Å². The van der Waals surface area contributed by atoms with Gasteiger partial charge in [0.1, 0.15) is 0 Å².